The normalized spacial score (nSPS) is 29.8. The first kappa shape index (κ1) is 40.5. The van der Waals surface area contributed by atoms with Crippen molar-refractivity contribution in [3.8, 4) is 11.6 Å². The lowest BCUT2D eigenvalue weighted by molar-refractivity contribution is -0.142. The smallest absolute Gasteiger partial charge is 0.408 e. The fourth-order valence-electron chi connectivity index (χ4n) is 8.17. The minimum absolute atomic E-state index is 0.00910. The minimum Gasteiger partial charge on any atom is -0.494 e. The Hall–Kier alpha value is -4.21. The zero-order valence-corrected chi connectivity index (χ0v) is 33.3. The molecule has 2 aromatic rings. The summed E-state index contributed by atoms with van der Waals surface area (Å²) in [6, 6.07) is 5.15. The first-order valence-electron chi connectivity index (χ1n) is 19.3. The molecule has 2 saturated carbocycles. The standard InChI is InChI=1S/C39H54FN5O9S/c1-23-11-7-8-12-25-19-39(25,35(48)44-55(50,51)38(22-40)15-16-38)43-32(46)29-18-26(53-33-28-14-10-9-13-27(28)30(52-6)20-41-33)21-45(29)34(47)31(24(2)17-23)42-36(49)54-37(3,4)5/h9-10,13-14,20,23-26,29,31H,7-8,11-12,15-19,21-22H2,1-6H3,(H,42,49)(H,43,46)(H,44,48)/t23?,24-,25-,26-,29+,31+,39-/m1/s1. The number of alkyl halides is 1. The highest BCUT2D eigenvalue weighted by Gasteiger charge is 2.64. The van der Waals surface area contributed by atoms with Crippen LogP contribution in [0.4, 0.5) is 9.18 Å². The summed E-state index contributed by atoms with van der Waals surface area (Å²) in [5.74, 6) is -1.82. The van der Waals surface area contributed by atoms with E-state index in [1.54, 1.807) is 20.8 Å². The number of hydrogen-bond acceptors (Lipinski definition) is 10. The fraction of sp³-hybridized carbons (Fsp3) is 0.667. The summed E-state index contributed by atoms with van der Waals surface area (Å²) in [6.07, 6.45) is 3.93. The molecule has 0 radical (unpaired) electrons. The predicted molar refractivity (Wildman–Crippen MR) is 201 cm³/mol. The van der Waals surface area contributed by atoms with Crippen LogP contribution >= 0.6 is 0 Å². The number of ether oxygens (including phenoxy) is 3. The number of rotatable bonds is 8. The summed E-state index contributed by atoms with van der Waals surface area (Å²) in [7, 11) is -2.82. The Bertz CT molecular complexity index is 1920. The molecule has 1 unspecified atom stereocenters. The highest BCUT2D eigenvalue weighted by atomic mass is 32.2. The van der Waals surface area contributed by atoms with Crippen LogP contribution in [0.2, 0.25) is 0 Å². The molecule has 4 amide bonds. The van der Waals surface area contributed by atoms with E-state index in [4.69, 9.17) is 14.2 Å². The maximum absolute atomic E-state index is 14.8. The van der Waals surface area contributed by atoms with Crippen LogP contribution in [0.3, 0.4) is 0 Å². The van der Waals surface area contributed by atoms with Crippen LogP contribution in [0.15, 0.2) is 30.5 Å². The zero-order chi connectivity index (χ0) is 39.9. The van der Waals surface area contributed by atoms with Crippen LogP contribution in [-0.4, -0.2) is 96.5 Å². The molecule has 1 aromatic carbocycles. The van der Waals surface area contributed by atoms with Gasteiger partial charge in [0.25, 0.3) is 5.91 Å². The van der Waals surface area contributed by atoms with Crippen molar-refractivity contribution in [1.29, 1.82) is 0 Å². The Kier molecular flexibility index (Phi) is 11.3. The summed E-state index contributed by atoms with van der Waals surface area (Å²) in [5.41, 5.74) is -2.40. The molecule has 1 aromatic heterocycles. The molecule has 7 atom stereocenters. The number of nitrogens with zero attached hydrogens (tertiary/aromatic N) is 2. The van der Waals surface area contributed by atoms with Gasteiger partial charge in [0.2, 0.25) is 27.7 Å². The van der Waals surface area contributed by atoms with Crippen molar-refractivity contribution in [3.05, 3.63) is 30.5 Å². The number of aromatic nitrogens is 1. The van der Waals surface area contributed by atoms with Gasteiger partial charge in [-0.15, -0.1) is 0 Å². The number of hydrogen-bond donors (Lipinski definition) is 3. The molecule has 3 N–H and O–H groups in total. The van der Waals surface area contributed by atoms with Crippen molar-refractivity contribution >= 4 is 44.6 Å². The monoisotopic (exact) mass is 787 g/mol. The third-order valence-electron chi connectivity index (χ3n) is 11.6. The van der Waals surface area contributed by atoms with Gasteiger partial charge in [0.05, 0.1) is 19.9 Å². The molecular formula is C39H54FN5O9S. The number of sulfonamides is 1. The van der Waals surface area contributed by atoms with E-state index in [-0.39, 0.29) is 55.9 Å². The van der Waals surface area contributed by atoms with Crippen molar-refractivity contribution in [2.75, 3.05) is 20.3 Å². The van der Waals surface area contributed by atoms with Crippen LogP contribution in [0.25, 0.3) is 10.8 Å². The number of fused-ring (bicyclic) bond motifs is 3. The number of amides is 4. The SMILES string of the molecule is COc1cnc(O[C@@H]2C[C@H]3C(=O)N[C@]4(C(=O)NS(=O)(=O)C5(CF)CC5)C[C@H]4CCCCC(C)C[C@@H](C)[C@H](NC(=O)OC(C)(C)C)C(=O)N3C2)c2ccccc12. The number of halogens is 1. The topological polar surface area (TPSA) is 182 Å². The summed E-state index contributed by atoms with van der Waals surface area (Å²) in [4.78, 5) is 62.2. The van der Waals surface area contributed by atoms with Gasteiger partial charge in [-0.05, 0) is 76.7 Å². The lowest BCUT2D eigenvalue weighted by Gasteiger charge is -2.33. The summed E-state index contributed by atoms with van der Waals surface area (Å²) in [5, 5.41) is 7.09. The lowest BCUT2D eigenvalue weighted by Crippen LogP contribution is -2.59. The second kappa shape index (κ2) is 15.4. The van der Waals surface area contributed by atoms with Gasteiger partial charge in [-0.2, -0.15) is 0 Å². The average molecular weight is 788 g/mol. The molecule has 2 saturated heterocycles. The van der Waals surface area contributed by atoms with Gasteiger partial charge in [0, 0.05) is 17.2 Å². The molecule has 0 spiro atoms. The Morgan fingerprint density at radius 2 is 1.76 bits per heavy atom. The molecule has 0 bridgehead atoms. The number of methoxy groups -OCH3 is 1. The van der Waals surface area contributed by atoms with Gasteiger partial charge in [0.1, 0.15) is 46.5 Å². The van der Waals surface area contributed by atoms with E-state index in [1.807, 2.05) is 31.2 Å². The molecule has 55 heavy (non-hydrogen) atoms. The molecule has 4 fully saturated rings. The first-order valence-corrected chi connectivity index (χ1v) is 20.7. The molecule has 2 aliphatic carbocycles. The molecule has 302 valence electrons. The summed E-state index contributed by atoms with van der Waals surface area (Å²) in [6.45, 7) is 7.97. The second-order valence-corrected chi connectivity index (χ2v) is 19.1. The molecule has 3 heterocycles. The summed E-state index contributed by atoms with van der Waals surface area (Å²) >= 11 is 0. The number of nitrogens with one attached hydrogen (secondary N) is 3. The highest BCUT2D eigenvalue weighted by molar-refractivity contribution is 7.91. The van der Waals surface area contributed by atoms with Gasteiger partial charge < -0.3 is 29.7 Å². The fourth-order valence-corrected chi connectivity index (χ4v) is 9.59. The number of pyridine rings is 1. The minimum atomic E-state index is -4.36. The average Bonchev–Trinajstić information content (AvgIpc) is 4.02. The molecule has 2 aliphatic heterocycles. The van der Waals surface area contributed by atoms with Crippen LogP contribution in [0, 0.1) is 17.8 Å². The molecule has 6 rings (SSSR count). The second-order valence-electron chi connectivity index (χ2n) is 17.0. The Labute approximate surface area is 322 Å². The molecular weight excluding hydrogens is 734 g/mol. The van der Waals surface area contributed by atoms with Crippen molar-refractivity contribution in [2.24, 2.45) is 17.8 Å². The van der Waals surface area contributed by atoms with Crippen LogP contribution in [0.1, 0.15) is 92.4 Å². The first-order chi connectivity index (χ1) is 25.9. The van der Waals surface area contributed by atoms with Crippen molar-refractivity contribution in [3.63, 3.8) is 0 Å². The van der Waals surface area contributed by atoms with Crippen molar-refractivity contribution in [2.45, 2.75) is 126 Å². The van der Waals surface area contributed by atoms with E-state index in [1.165, 1.54) is 18.2 Å². The number of benzene rings is 1. The maximum atomic E-state index is 14.8. The molecule has 4 aliphatic rings. The number of alkyl carbamates (subject to hydrolysis) is 1. The van der Waals surface area contributed by atoms with Crippen LogP contribution in [-0.2, 0) is 29.1 Å². The van der Waals surface area contributed by atoms with E-state index < -0.39 is 74.6 Å². The van der Waals surface area contributed by atoms with Crippen molar-refractivity contribution in [1.82, 2.24) is 25.2 Å². The Morgan fingerprint density at radius 3 is 2.42 bits per heavy atom. The van der Waals surface area contributed by atoms with E-state index in [2.05, 4.69) is 27.3 Å². The molecule has 16 heteroatoms. The third-order valence-corrected chi connectivity index (χ3v) is 13.7. The van der Waals surface area contributed by atoms with E-state index in [0.717, 1.165) is 24.6 Å². The Balaban J connectivity index is 1.34. The van der Waals surface area contributed by atoms with Gasteiger partial charge in [0.15, 0.2) is 0 Å². The lowest BCUT2D eigenvalue weighted by atomic mass is 9.87. The number of carbonyl (C=O) groups excluding carboxylic acids is 4. The van der Waals surface area contributed by atoms with Crippen LogP contribution < -0.4 is 24.8 Å². The van der Waals surface area contributed by atoms with Crippen LogP contribution in [0.5, 0.6) is 11.6 Å². The van der Waals surface area contributed by atoms with Gasteiger partial charge in [-0.25, -0.2) is 22.6 Å². The highest BCUT2D eigenvalue weighted by Crippen LogP contribution is 2.49. The Morgan fingerprint density at radius 1 is 1.07 bits per heavy atom. The van der Waals surface area contributed by atoms with Gasteiger partial charge in [-0.3, -0.25) is 19.1 Å². The van der Waals surface area contributed by atoms with E-state index in [9.17, 15) is 32.0 Å². The third kappa shape index (κ3) is 8.48. The van der Waals surface area contributed by atoms with E-state index in [0.29, 0.717) is 24.0 Å². The summed E-state index contributed by atoms with van der Waals surface area (Å²) < 4.78 is 58.2. The number of carbonyl (C=O) groups is 4. The van der Waals surface area contributed by atoms with E-state index >= 15 is 0 Å². The van der Waals surface area contributed by atoms with Crippen molar-refractivity contribution < 1.29 is 46.2 Å². The van der Waals surface area contributed by atoms with Gasteiger partial charge in [-0.1, -0.05) is 51.3 Å². The molecule has 14 nitrogen and oxygen atoms in total. The zero-order valence-electron chi connectivity index (χ0n) is 32.5. The predicted octanol–water partition coefficient (Wildman–Crippen LogP) is 4.54. The largest absolute Gasteiger partial charge is 0.494 e. The quantitative estimate of drug-likeness (QED) is 0.344. The maximum Gasteiger partial charge on any atom is 0.408 e. The van der Waals surface area contributed by atoms with Gasteiger partial charge >= 0.3 is 6.09 Å².